The van der Waals surface area contributed by atoms with Crippen LogP contribution >= 0.6 is 0 Å². The number of imidazole rings is 1. The molecule has 41 heavy (non-hydrogen) atoms. The molecule has 2 atom stereocenters. The molecule has 220 valence electrons. The van der Waals surface area contributed by atoms with Gasteiger partial charge in [-0.2, -0.15) is 0 Å². The Labute approximate surface area is 242 Å². The van der Waals surface area contributed by atoms with Crippen molar-refractivity contribution in [3.05, 3.63) is 54.0 Å². The molecule has 1 aromatic carbocycles. The highest BCUT2D eigenvalue weighted by atomic mass is 16.5. The maximum Gasteiger partial charge on any atom is 0.270 e. The van der Waals surface area contributed by atoms with Crippen molar-refractivity contribution in [2.45, 2.75) is 63.5 Å². The summed E-state index contributed by atoms with van der Waals surface area (Å²) in [6.07, 6.45) is 6.52. The number of nitrogens with one attached hydrogen (secondary N) is 1. The fourth-order valence-corrected chi connectivity index (χ4v) is 6.01. The monoisotopic (exact) mass is 561 g/mol. The second-order valence-electron chi connectivity index (χ2n) is 11.2. The standard InChI is InChI=1S/C31H43N7O3/c1-41-19-9-18-38-27-13-4-3-11-25(27)35-30(38)23-10-8-17-37(22-23)29(39)20-24(32)21-33-31(40)26-12-7-14-28(34-26)36-15-5-2-6-16-36/h3-4,7,11-14,23-24H,2,5-6,8-10,15-22,32H2,1H3,(H,33,40). The summed E-state index contributed by atoms with van der Waals surface area (Å²) in [4.78, 5) is 39.8. The predicted molar refractivity (Wildman–Crippen MR) is 160 cm³/mol. The van der Waals surface area contributed by atoms with Crippen LogP contribution < -0.4 is 16.0 Å². The Morgan fingerprint density at radius 2 is 1.88 bits per heavy atom. The van der Waals surface area contributed by atoms with E-state index in [1.165, 1.54) is 6.42 Å². The molecule has 0 spiro atoms. The van der Waals surface area contributed by atoms with Crippen LogP contribution in [0.5, 0.6) is 0 Å². The van der Waals surface area contributed by atoms with E-state index in [9.17, 15) is 9.59 Å². The first-order valence-corrected chi connectivity index (χ1v) is 15.0. The number of fused-ring (bicyclic) bond motifs is 1. The molecule has 2 aliphatic heterocycles. The van der Waals surface area contributed by atoms with Gasteiger partial charge in [-0.15, -0.1) is 0 Å². The maximum absolute atomic E-state index is 13.3. The zero-order valence-electron chi connectivity index (χ0n) is 24.1. The van der Waals surface area contributed by atoms with Gasteiger partial charge in [0, 0.05) is 71.4 Å². The van der Waals surface area contributed by atoms with E-state index in [0.29, 0.717) is 25.4 Å². The number of carbonyl (C=O) groups is 2. The minimum absolute atomic E-state index is 0.0173. The Hall–Kier alpha value is -3.50. The second-order valence-corrected chi connectivity index (χ2v) is 11.2. The molecule has 0 aliphatic carbocycles. The molecule has 0 saturated carbocycles. The number of amides is 2. The molecule has 2 aliphatic rings. The lowest BCUT2D eigenvalue weighted by Crippen LogP contribution is -2.45. The number of hydrogen-bond acceptors (Lipinski definition) is 7. The van der Waals surface area contributed by atoms with Gasteiger partial charge in [-0.25, -0.2) is 9.97 Å². The van der Waals surface area contributed by atoms with E-state index >= 15 is 0 Å². The van der Waals surface area contributed by atoms with Crippen molar-refractivity contribution in [1.29, 1.82) is 0 Å². The highest BCUT2D eigenvalue weighted by Gasteiger charge is 2.29. The SMILES string of the molecule is COCCCn1c(C2CCCN(C(=O)CC(N)CNC(=O)c3cccc(N4CCCCC4)n3)C2)nc2ccccc21. The normalized spacial score (nSPS) is 18.4. The van der Waals surface area contributed by atoms with Gasteiger partial charge in [0.05, 0.1) is 11.0 Å². The number of aromatic nitrogens is 3. The summed E-state index contributed by atoms with van der Waals surface area (Å²) in [5.41, 5.74) is 8.80. The number of ether oxygens (including phenoxy) is 1. The number of nitrogens with zero attached hydrogens (tertiary/aromatic N) is 5. The van der Waals surface area contributed by atoms with Crippen LogP contribution in [-0.4, -0.2) is 83.7 Å². The van der Waals surface area contributed by atoms with Gasteiger partial charge in [0.1, 0.15) is 17.3 Å². The number of benzene rings is 1. The number of anilines is 1. The number of nitrogens with two attached hydrogens (primary N) is 1. The van der Waals surface area contributed by atoms with Crippen LogP contribution in [0, 0.1) is 0 Å². The van der Waals surface area contributed by atoms with E-state index in [2.05, 4.69) is 25.8 Å². The van der Waals surface area contributed by atoms with Crippen LogP contribution in [0.2, 0.25) is 0 Å². The van der Waals surface area contributed by atoms with Crippen LogP contribution in [0.4, 0.5) is 5.82 Å². The molecule has 3 aromatic rings. The van der Waals surface area contributed by atoms with Crippen molar-refractivity contribution < 1.29 is 14.3 Å². The summed E-state index contributed by atoms with van der Waals surface area (Å²) in [6.45, 7) is 5.00. The molecule has 5 rings (SSSR count). The average Bonchev–Trinajstić information content (AvgIpc) is 3.39. The van der Waals surface area contributed by atoms with Crippen molar-refractivity contribution in [3.63, 3.8) is 0 Å². The van der Waals surface area contributed by atoms with Gasteiger partial charge in [-0.3, -0.25) is 9.59 Å². The lowest BCUT2D eigenvalue weighted by Gasteiger charge is -2.33. The Kier molecular flexibility index (Phi) is 9.84. The topological polar surface area (TPSA) is 119 Å². The lowest BCUT2D eigenvalue weighted by molar-refractivity contribution is -0.132. The van der Waals surface area contributed by atoms with Gasteiger partial charge in [-0.1, -0.05) is 18.2 Å². The first kappa shape index (κ1) is 29.0. The molecule has 0 radical (unpaired) electrons. The Morgan fingerprint density at radius 1 is 1.05 bits per heavy atom. The first-order chi connectivity index (χ1) is 20.0. The first-order valence-electron chi connectivity index (χ1n) is 15.0. The third kappa shape index (κ3) is 7.23. The number of carbonyl (C=O) groups excluding carboxylic acids is 2. The van der Waals surface area contributed by atoms with E-state index in [1.807, 2.05) is 35.2 Å². The average molecular weight is 562 g/mol. The fraction of sp³-hybridized carbons (Fsp3) is 0.548. The molecule has 2 aromatic heterocycles. The van der Waals surface area contributed by atoms with E-state index in [-0.39, 0.29) is 30.7 Å². The summed E-state index contributed by atoms with van der Waals surface area (Å²) in [7, 11) is 1.72. The molecule has 2 amide bonds. The zero-order valence-corrected chi connectivity index (χ0v) is 24.1. The number of rotatable bonds is 11. The predicted octanol–water partition coefficient (Wildman–Crippen LogP) is 3.31. The van der Waals surface area contributed by atoms with E-state index in [0.717, 1.165) is 74.4 Å². The fourth-order valence-electron chi connectivity index (χ4n) is 6.01. The smallest absolute Gasteiger partial charge is 0.270 e. The zero-order chi connectivity index (χ0) is 28.6. The van der Waals surface area contributed by atoms with Crippen molar-refractivity contribution in [2.75, 3.05) is 51.3 Å². The number of hydrogen-bond donors (Lipinski definition) is 2. The van der Waals surface area contributed by atoms with Crippen molar-refractivity contribution >= 4 is 28.7 Å². The summed E-state index contributed by atoms with van der Waals surface area (Å²) >= 11 is 0. The van der Waals surface area contributed by atoms with Gasteiger partial charge in [0.25, 0.3) is 5.91 Å². The summed E-state index contributed by atoms with van der Waals surface area (Å²) in [6, 6.07) is 13.3. The molecule has 3 N–H and O–H groups in total. The molecular formula is C31H43N7O3. The molecule has 10 heteroatoms. The molecule has 10 nitrogen and oxygen atoms in total. The third-order valence-corrected chi connectivity index (χ3v) is 8.16. The highest BCUT2D eigenvalue weighted by molar-refractivity contribution is 5.92. The lowest BCUT2D eigenvalue weighted by atomic mass is 9.96. The van der Waals surface area contributed by atoms with Crippen LogP contribution in [0.25, 0.3) is 11.0 Å². The summed E-state index contributed by atoms with van der Waals surface area (Å²) in [5.74, 6) is 1.79. The van der Waals surface area contributed by atoms with E-state index < -0.39 is 6.04 Å². The second kappa shape index (κ2) is 13.9. The molecule has 2 fully saturated rings. The van der Waals surface area contributed by atoms with Crippen LogP contribution in [-0.2, 0) is 16.1 Å². The number of likely N-dealkylation sites (tertiary alicyclic amines) is 1. The number of para-hydroxylation sites is 2. The van der Waals surface area contributed by atoms with E-state index in [4.69, 9.17) is 15.5 Å². The number of piperidine rings is 2. The minimum Gasteiger partial charge on any atom is -0.385 e. The Bertz CT molecular complexity index is 1320. The van der Waals surface area contributed by atoms with Gasteiger partial charge in [0.2, 0.25) is 5.91 Å². The van der Waals surface area contributed by atoms with Gasteiger partial charge >= 0.3 is 0 Å². The maximum atomic E-state index is 13.3. The number of pyridine rings is 1. The minimum atomic E-state index is -0.476. The molecule has 2 saturated heterocycles. The van der Waals surface area contributed by atoms with Gasteiger partial charge < -0.3 is 30.2 Å². The quantitative estimate of drug-likeness (QED) is 0.345. The molecule has 4 heterocycles. The van der Waals surface area contributed by atoms with Crippen molar-refractivity contribution in [3.8, 4) is 0 Å². The molecular weight excluding hydrogens is 518 g/mol. The van der Waals surface area contributed by atoms with Gasteiger partial charge in [-0.05, 0) is 62.8 Å². The number of methoxy groups -OCH3 is 1. The van der Waals surface area contributed by atoms with Crippen LogP contribution in [0.15, 0.2) is 42.5 Å². The van der Waals surface area contributed by atoms with Crippen molar-refractivity contribution in [2.24, 2.45) is 5.73 Å². The molecule has 2 unspecified atom stereocenters. The molecule has 0 bridgehead atoms. The summed E-state index contributed by atoms with van der Waals surface area (Å²) in [5, 5.41) is 2.88. The largest absolute Gasteiger partial charge is 0.385 e. The third-order valence-electron chi connectivity index (χ3n) is 8.16. The Balaban J connectivity index is 1.16. The Morgan fingerprint density at radius 3 is 2.71 bits per heavy atom. The number of aryl methyl sites for hydroxylation is 1. The van der Waals surface area contributed by atoms with Crippen molar-refractivity contribution in [1.82, 2.24) is 24.8 Å². The van der Waals surface area contributed by atoms with Gasteiger partial charge in [0.15, 0.2) is 0 Å². The summed E-state index contributed by atoms with van der Waals surface area (Å²) < 4.78 is 7.58. The van der Waals surface area contributed by atoms with Crippen LogP contribution in [0.3, 0.4) is 0 Å². The van der Waals surface area contributed by atoms with E-state index in [1.54, 1.807) is 13.2 Å². The highest BCUT2D eigenvalue weighted by Crippen LogP contribution is 2.30. The van der Waals surface area contributed by atoms with Crippen LogP contribution in [0.1, 0.15) is 67.2 Å².